The van der Waals surface area contributed by atoms with Crippen molar-refractivity contribution >= 4 is 21.6 Å². The van der Waals surface area contributed by atoms with Gasteiger partial charge in [-0.1, -0.05) is 35.9 Å². The van der Waals surface area contributed by atoms with Crippen LogP contribution >= 0.6 is 0 Å². The second kappa shape index (κ2) is 10.4. The first-order valence-corrected chi connectivity index (χ1v) is 11.8. The molecule has 1 N–H and O–H groups in total. The lowest BCUT2D eigenvalue weighted by Crippen LogP contribution is -2.49. The van der Waals surface area contributed by atoms with Gasteiger partial charge in [0.25, 0.3) is 5.91 Å². The molecule has 0 aliphatic carbocycles. The lowest BCUT2D eigenvalue weighted by molar-refractivity contribution is -0.123. The van der Waals surface area contributed by atoms with Crippen molar-refractivity contribution in [1.82, 2.24) is 9.62 Å². The van der Waals surface area contributed by atoms with Gasteiger partial charge in [-0.05, 0) is 37.6 Å². The van der Waals surface area contributed by atoms with E-state index < -0.39 is 10.0 Å². The van der Waals surface area contributed by atoms with Crippen LogP contribution in [0, 0.1) is 6.92 Å². The summed E-state index contributed by atoms with van der Waals surface area (Å²) in [5, 5.41) is 2.71. The smallest absolute Gasteiger partial charge is 0.257 e. The van der Waals surface area contributed by atoms with Gasteiger partial charge in [-0.2, -0.15) is 4.31 Å². The Morgan fingerprint density at radius 1 is 1.00 bits per heavy atom. The molecule has 0 unspecified atom stereocenters. The largest absolute Gasteiger partial charge is 0.484 e. The zero-order valence-corrected chi connectivity index (χ0v) is 18.1. The van der Waals surface area contributed by atoms with E-state index in [0.29, 0.717) is 44.9 Å². The van der Waals surface area contributed by atoms with E-state index in [2.05, 4.69) is 10.2 Å². The van der Waals surface area contributed by atoms with Crippen molar-refractivity contribution in [3.63, 3.8) is 0 Å². The molecule has 3 rings (SSSR count). The third-order valence-corrected chi connectivity index (χ3v) is 7.00. The number of carbonyl (C=O) groups excluding carboxylic acids is 1. The lowest BCUT2D eigenvalue weighted by atomic mass is 10.2. The molecule has 1 heterocycles. The van der Waals surface area contributed by atoms with Crippen LogP contribution in [-0.2, 0) is 14.8 Å². The molecule has 162 valence electrons. The second-order valence-electron chi connectivity index (χ2n) is 7.34. The number of para-hydroxylation sites is 1. The van der Waals surface area contributed by atoms with Crippen molar-refractivity contribution in [3.05, 3.63) is 60.2 Å². The average Bonchev–Trinajstić information content (AvgIpc) is 2.77. The van der Waals surface area contributed by atoms with Crippen LogP contribution in [0.3, 0.4) is 0 Å². The summed E-state index contributed by atoms with van der Waals surface area (Å²) in [5.74, 6) is 0.398. The van der Waals surface area contributed by atoms with Crippen molar-refractivity contribution in [2.24, 2.45) is 0 Å². The van der Waals surface area contributed by atoms with Crippen molar-refractivity contribution in [1.29, 1.82) is 0 Å². The van der Waals surface area contributed by atoms with E-state index in [4.69, 9.17) is 4.74 Å². The van der Waals surface area contributed by atoms with E-state index in [1.807, 2.05) is 61.5 Å². The van der Waals surface area contributed by atoms with Gasteiger partial charge in [0.15, 0.2) is 6.61 Å². The van der Waals surface area contributed by atoms with Crippen LogP contribution < -0.4 is 15.0 Å². The van der Waals surface area contributed by atoms with Crippen molar-refractivity contribution in [2.45, 2.75) is 13.3 Å². The van der Waals surface area contributed by atoms with Gasteiger partial charge in [0.05, 0.1) is 5.75 Å². The molecule has 0 saturated carbocycles. The first-order valence-electron chi connectivity index (χ1n) is 10.2. The van der Waals surface area contributed by atoms with Gasteiger partial charge >= 0.3 is 0 Å². The van der Waals surface area contributed by atoms with E-state index in [1.165, 1.54) is 0 Å². The third kappa shape index (κ3) is 6.47. The number of hydrogen-bond donors (Lipinski definition) is 1. The number of anilines is 1. The fourth-order valence-corrected chi connectivity index (χ4v) is 4.80. The number of piperazine rings is 1. The molecule has 7 nitrogen and oxygen atoms in total. The molecular formula is C22H29N3O4S. The van der Waals surface area contributed by atoms with Crippen molar-refractivity contribution < 1.29 is 17.9 Å². The zero-order chi connectivity index (χ0) is 21.4. The number of aryl methyl sites for hydroxylation is 1. The van der Waals surface area contributed by atoms with Gasteiger partial charge in [0, 0.05) is 38.4 Å². The third-order valence-electron chi connectivity index (χ3n) is 5.05. The van der Waals surface area contributed by atoms with Gasteiger partial charge in [-0.15, -0.1) is 0 Å². The van der Waals surface area contributed by atoms with E-state index >= 15 is 0 Å². The average molecular weight is 432 g/mol. The Hall–Kier alpha value is -2.58. The van der Waals surface area contributed by atoms with Crippen LogP contribution in [0.5, 0.6) is 5.75 Å². The Morgan fingerprint density at radius 3 is 2.33 bits per heavy atom. The second-order valence-corrected chi connectivity index (χ2v) is 9.43. The summed E-state index contributed by atoms with van der Waals surface area (Å²) in [6.45, 7) is 4.51. The molecular weight excluding hydrogens is 402 g/mol. The van der Waals surface area contributed by atoms with Crippen molar-refractivity contribution in [3.8, 4) is 5.75 Å². The molecule has 0 spiro atoms. The fourth-order valence-electron chi connectivity index (χ4n) is 3.31. The number of sulfonamides is 1. The Balaban J connectivity index is 1.34. The predicted octanol–water partition coefficient (Wildman–Crippen LogP) is 2.03. The van der Waals surface area contributed by atoms with Crippen LogP contribution in [0.1, 0.15) is 12.0 Å². The van der Waals surface area contributed by atoms with Gasteiger partial charge in [0.1, 0.15) is 5.75 Å². The maximum absolute atomic E-state index is 12.6. The number of rotatable bonds is 9. The number of nitrogens with one attached hydrogen (secondary N) is 1. The molecule has 30 heavy (non-hydrogen) atoms. The minimum Gasteiger partial charge on any atom is -0.484 e. The highest BCUT2D eigenvalue weighted by atomic mass is 32.2. The summed E-state index contributed by atoms with van der Waals surface area (Å²) < 4.78 is 32.1. The lowest BCUT2D eigenvalue weighted by Gasteiger charge is -2.35. The maximum atomic E-state index is 12.6. The van der Waals surface area contributed by atoms with Gasteiger partial charge in [-0.3, -0.25) is 4.79 Å². The normalized spacial score (nSPS) is 15.0. The van der Waals surface area contributed by atoms with Crippen molar-refractivity contribution in [2.75, 3.05) is 50.0 Å². The number of hydrogen-bond acceptors (Lipinski definition) is 5. The Morgan fingerprint density at radius 2 is 1.67 bits per heavy atom. The summed E-state index contributed by atoms with van der Waals surface area (Å²) in [7, 11) is -3.32. The summed E-state index contributed by atoms with van der Waals surface area (Å²) in [4.78, 5) is 14.1. The van der Waals surface area contributed by atoms with Gasteiger partial charge < -0.3 is 15.0 Å². The van der Waals surface area contributed by atoms with Crippen LogP contribution in [-0.4, -0.2) is 63.7 Å². The van der Waals surface area contributed by atoms with Crippen LogP contribution in [0.25, 0.3) is 0 Å². The number of nitrogens with zero attached hydrogens (tertiary/aromatic N) is 2. The molecule has 1 fully saturated rings. The van der Waals surface area contributed by atoms with Crippen LogP contribution in [0.4, 0.5) is 5.69 Å². The summed E-state index contributed by atoms with van der Waals surface area (Å²) in [5.41, 5.74) is 2.24. The zero-order valence-electron chi connectivity index (χ0n) is 17.3. The highest BCUT2D eigenvalue weighted by Crippen LogP contribution is 2.17. The Labute approximate surface area is 178 Å². The first-order chi connectivity index (χ1) is 14.4. The molecule has 0 aromatic heterocycles. The topological polar surface area (TPSA) is 78.9 Å². The monoisotopic (exact) mass is 431 g/mol. The summed E-state index contributed by atoms with van der Waals surface area (Å²) in [6.07, 6.45) is 0.373. The quantitative estimate of drug-likeness (QED) is 0.615. The van der Waals surface area contributed by atoms with E-state index in [-0.39, 0.29) is 18.3 Å². The highest BCUT2D eigenvalue weighted by molar-refractivity contribution is 7.89. The van der Waals surface area contributed by atoms with Gasteiger partial charge in [-0.25, -0.2) is 8.42 Å². The number of amides is 1. The number of carbonyl (C=O) groups is 1. The minimum atomic E-state index is -3.32. The fraction of sp³-hybridized carbons (Fsp3) is 0.409. The molecule has 2 aromatic rings. The highest BCUT2D eigenvalue weighted by Gasteiger charge is 2.26. The van der Waals surface area contributed by atoms with E-state index in [0.717, 1.165) is 11.3 Å². The van der Waals surface area contributed by atoms with Crippen LogP contribution in [0.15, 0.2) is 54.6 Å². The number of benzene rings is 2. The Kier molecular flexibility index (Phi) is 7.70. The molecule has 1 aliphatic heterocycles. The van der Waals surface area contributed by atoms with E-state index in [9.17, 15) is 13.2 Å². The minimum absolute atomic E-state index is 0.0252. The maximum Gasteiger partial charge on any atom is 0.257 e. The SMILES string of the molecule is Cc1ccc(OCC(=O)NCCCS(=O)(=O)N2CCN(c3ccccc3)CC2)cc1. The number of ether oxygens (including phenoxy) is 1. The van der Waals surface area contributed by atoms with Crippen LogP contribution in [0.2, 0.25) is 0 Å². The molecule has 1 aliphatic rings. The molecule has 0 atom stereocenters. The molecule has 1 saturated heterocycles. The van der Waals surface area contributed by atoms with Gasteiger partial charge in [0.2, 0.25) is 10.0 Å². The predicted molar refractivity (Wildman–Crippen MR) is 118 cm³/mol. The molecule has 8 heteroatoms. The molecule has 2 aromatic carbocycles. The molecule has 1 amide bonds. The standard InChI is InChI=1S/C22H29N3O4S/c1-19-8-10-21(11-9-19)29-18-22(26)23-12-5-17-30(27,28)25-15-13-24(14-16-25)20-6-3-2-4-7-20/h2-4,6-11H,5,12-18H2,1H3,(H,23,26). The summed E-state index contributed by atoms with van der Waals surface area (Å²) in [6, 6.07) is 17.5. The van der Waals surface area contributed by atoms with E-state index in [1.54, 1.807) is 4.31 Å². The Bertz CT molecular complexity index is 909. The first kappa shape index (κ1) is 22.1. The summed E-state index contributed by atoms with van der Waals surface area (Å²) >= 11 is 0. The molecule has 0 radical (unpaired) electrons. The molecule has 0 bridgehead atoms.